The molecule has 5 heteroatoms. The maximum Gasteiger partial charge on any atom is 0.188 e. The summed E-state index contributed by atoms with van der Waals surface area (Å²) in [5, 5.41) is 3.91. The second-order valence-electron chi connectivity index (χ2n) is 3.62. The van der Waals surface area contributed by atoms with Crippen LogP contribution in [0.25, 0.3) is 0 Å². The molecule has 2 aromatic heterocycles. The fourth-order valence-corrected chi connectivity index (χ4v) is 1.40. The highest BCUT2D eigenvalue weighted by Crippen LogP contribution is 2.04. The number of ketones is 1. The van der Waals surface area contributed by atoms with Crippen LogP contribution in [0.1, 0.15) is 21.9 Å². The quantitative estimate of drug-likeness (QED) is 0.716. The zero-order chi connectivity index (χ0) is 11.5. The van der Waals surface area contributed by atoms with E-state index in [4.69, 9.17) is 0 Å². The summed E-state index contributed by atoms with van der Waals surface area (Å²) in [6.07, 6.45) is 3.30. The van der Waals surface area contributed by atoms with Gasteiger partial charge >= 0.3 is 0 Å². The van der Waals surface area contributed by atoms with E-state index in [9.17, 15) is 4.79 Å². The van der Waals surface area contributed by atoms with E-state index in [1.165, 1.54) is 6.33 Å². The first-order chi connectivity index (χ1) is 7.66. The van der Waals surface area contributed by atoms with E-state index in [0.29, 0.717) is 11.5 Å². The lowest BCUT2D eigenvalue weighted by atomic mass is 10.1. The lowest BCUT2D eigenvalue weighted by molar-refractivity contribution is 0.0985. The normalized spacial score (nSPS) is 10.4. The summed E-state index contributed by atoms with van der Waals surface area (Å²) in [5.41, 5.74) is 1.50. The zero-order valence-electron chi connectivity index (χ0n) is 9.21. The molecule has 0 aliphatic heterocycles. The molecule has 0 N–H and O–H groups in total. The van der Waals surface area contributed by atoms with Gasteiger partial charge in [-0.05, 0) is 24.6 Å². The highest BCUT2D eigenvalue weighted by atomic mass is 16.1. The highest BCUT2D eigenvalue weighted by molar-refractivity contribution is 5.95. The number of rotatable bonds is 3. The Hall–Kier alpha value is -2.04. The number of nitrogens with zero attached hydrogens (tertiary/aromatic N) is 4. The fraction of sp³-hybridized carbons (Fsp3) is 0.273. The van der Waals surface area contributed by atoms with E-state index >= 15 is 0 Å². The van der Waals surface area contributed by atoms with Gasteiger partial charge in [-0.1, -0.05) is 0 Å². The molecule has 0 bridgehead atoms. The predicted molar refractivity (Wildman–Crippen MR) is 58.0 cm³/mol. The van der Waals surface area contributed by atoms with Gasteiger partial charge in [0.2, 0.25) is 0 Å². The Kier molecular flexibility index (Phi) is 2.76. The van der Waals surface area contributed by atoms with Gasteiger partial charge in [0.05, 0.1) is 6.42 Å². The topological polar surface area (TPSA) is 60.7 Å². The minimum absolute atomic E-state index is 0.0419. The molecule has 0 fully saturated rings. The van der Waals surface area contributed by atoms with Gasteiger partial charge in [0.15, 0.2) is 5.78 Å². The number of pyridine rings is 1. The molecule has 2 aromatic rings. The minimum atomic E-state index is -0.0419. The van der Waals surface area contributed by atoms with Crippen LogP contribution in [-0.2, 0) is 13.5 Å². The van der Waals surface area contributed by atoms with Crippen molar-refractivity contribution in [1.82, 2.24) is 19.7 Å². The predicted octanol–water partition coefficient (Wildman–Crippen LogP) is 0.944. The van der Waals surface area contributed by atoms with Gasteiger partial charge in [-0.15, -0.1) is 0 Å². The second-order valence-corrected chi connectivity index (χ2v) is 3.62. The average Bonchev–Trinajstić information content (AvgIpc) is 2.64. The van der Waals surface area contributed by atoms with Crippen molar-refractivity contribution >= 4 is 5.78 Å². The Labute approximate surface area is 93.2 Å². The van der Waals surface area contributed by atoms with Gasteiger partial charge in [-0.25, -0.2) is 4.98 Å². The van der Waals surface area contributed by atoms with Crippen molar-refractivity contribution in [1.29, 1.82) is 0 Å². The van der Waals surface area contributed by atoms with Crippen LogP contribution in [-0.4, -0.2) is 25.5 Å². The first-order valence-corrected chi connectivity index (χ1v) is 4.95. The lowest BCUT2D eigenvalue weighted by Crippen LogP contribution is -2.10. The monoisotopic (exact) mass is 216 g/mol. The van der Waals surface area contributed by atoms with Gasteiger partial charge in [-0.3, -0.25) is 14.5 Å². The number of hydrogen-bond donors (Lipinski definition) is 0. The summed E-state index contributed by atoms with van der Waals surface area (Å²) < 4.78 is 1.59. The van der Waals surface area contributed by atoms with Crippen LogP contribution in [0.5, 0.6) is 0 Å². The van der Waals surface area contributed by atoms with Crippen molar-refractivity contribution in [3.05, 3.63) is 41.7 Å². The number of aryl methyl sites for hydroxylation is 2. The molecule has 0 radical (unpaired) electrons. The molecular weight excluding hydrogens is 204 g/mol. The highest BCUT2D eigenvalue weighted by Gasteiger charge is 2.11. The third-order valence-electron chi connectivity index (χ3n) is 2.32. The molecule has 0 spiro atoms. The van der Waals surface area contributed by atoms with Crippen molar-refractivity contribution in [2.45, 2.75) is 13.3 Å². The molecule has 2 rings (SSSR count). The van der Waals surface area contributed by atoms with Gasteiger partial charge < -0.3 is 0 Å². The number of hydrogen-bond acceptors (Lipinski definition) is 4. The van der Waals surface area contributed by atoms with Crippen LogP contribution >= 0.6 is 0 Å². The summed E-state index contributed by atoms with van der Waals surface area (Å²) in [5.74, 6) is 0.605. The molecule has 0 atom stereocenters. The van der Waals surface area contributed by atoms with Gasteiger partial charge in [0, 0.05) is 13.2 Å². The fourth-order valence-electron chi connectivity index (χ4n) is 1.40. The lowest BCUT2D eigenvalue weighted by Gasteiger charge is -2.00. The van der Waals surface area contributed by atoms with Crippen molar-refractivity contribution in [3.8, 4) is 0 Å². The number of aromatic nitrogens is 4. The van der Waals surface area contributed by atoms with Gasteiger partial charge in [-0.2, -0.15) is 5.10 Å². The van der Waals surface area contributed by atoms with Crippen molar-refractivity contribution in [2.24, 2.45) is 7.05 Å². The molecule has 0 aromatic carbocycles. The molecule has 0 saturated heterocycles. The number of carbonyl (C=O) groups excluding carboxylic acids is 1. The molecule has 0 saturated carbocycles. The van der Waals surface area contributed by atoms with Crippen LogP contribution < -0.4 is 0 Å². The first kappa shape index (κ1) is 10.5. The van der Waals surface area contributed by atoms with Crippen LogP contribution in [0.2, 0.25) is 0 Å². The molecule has 82 valence electrons. The summed E-state index contributed by atoms with van der Waals surface area (Å²) in [7, 11) is 1.76. The molecule has 0 unspecified atom stereocenters. The summed E-state index contributed by atoms with van der Waals surface area (Å²) in [6, 6.07) is 3.64. The average molecular weight is 216 g/mol. The zero-order valence-corrected chi connectivity index (χ0v) is 9.21. The van der Waals surface area contributed by atoms with E-state index in [1.807, 2.05) is 13.0 Å². The maximum atomic E-state index is 11.9. The Morgan fingerprint density at radius 3 is 2.88 bits per heavy atom. The molecule has 2 heterocycles. The van der Waals surface area contributed by atoms with Gasteiger partial charge in [0.25, 0.3) is 0 Å². The molecule has 16 heavy (non-hydrogen) atoms. The Morgan fingerprint density at radius 2 is 2.25 bits per heavy atom. The third kappa shape index (κ3) is 2.13. The van der Waals surface area contributed by atoms with Crippen molar-refractivity contribution in [2.75, 3.05) is 0 Å². The van der Waals surface area contributed by atoms with Crippen LogP contribution in [0.15, 0.2) is 24.7 Å². The standard InChI is InChI=1S/C11H12N4O/c1-8-3-4-12-9(5-8)10(16)6-11-13-7-14-15(11)2/h3-5,7H,6H2,1-2H3. The smallest absolute Gasteiger partial charge is 0.188 e. The Morgan fingerprint density at radius 1 is 1.44 bits per heavy atom. The molecule has 0 aliphatic rings. The molecule has 0 amide bonds. The Balaban J connectivity index is 2.18. The minimum Gasteiger partial charge on any atom is -0.292 e. The maximum absolute atomic E-state index is 11.9. The molecule has 5 nitrogen and oxygen atoms in total. The van der Waals surface area contributed by atoms with Crippen LogP contribution in [0.4, 0.5) is 0 Å². The molecular formula is C11H12N4O. The third-order valence-corrected chi connectivity index (χ3v) is 2.32. The number of carbonyl (C=O) groups is 1. The largest absolute Gasteiger partial charge is 0.292 e. The summed E-state index contributed by atoms with van der Waals surface area (Å²) >= 11 is 0. The van der Waals surface area contributed by atoms with Crippen molar-refractivity contribution in [3.63, 3.8) is 0 Å². The second kappa shape index (κ2) is 4.22. The van der Waals surface area contributed by atoms with Gasteiger partial charge in [0.1, 0.15) is 17.8 Å². The van der Waals surface area contributed by atoms with Crippen LogP contribution in [0.3, 0.4) is 0 Å². The number of Topliss-reactive ketones (excluding diaryl/α,β-unsaturated/α-hetero) is 1. The van der Waals surface area contributed by atoms with E-state index < -0.39 is 0 Å². The van der Waals surface area contributed by atoms with Crippen LogP contribution in [0, 0.1) is 6.92 Å². The van der Waals surface area contributed by atoms with E-state index in [1.54, 1.807) is 24.0 Å². The molecule has 0 aliphatic carbocycles. The van der Waals surface area contributed by atoms with E-state index in [-0.39, 0.29) is 12.2 Å². The summed E-state index contributed by atoms with van der Waals surface area (Å²) in [4.78, 5) is 19.9. The first-order valence-electron chi connectivity index (χ1n) is 4.95. The SMILES string of the molecule is Cc1ccnc(C(=O)Cc2ncnn2C)c1. The van der Waals surface area contributed by atoms with Crippen molar-refractivity contribution < 1.29 is 4.79 Å². The van der Waals surface area contributed by atoms with E-state index in [2.05, 4.69) is 15.1 Å². The Bertz CT molecular complexity index is 518. The summed E-state index contributed by atoms with van der Waals surface area (Å²) in [6.45, 7) is 1.93. The van der Waals surface area contributed by atoms with E-state index in [0.717, 1.165) is 5.56 Å².